The van der Waals surface area contributed by atoms with Gasteiger partial charge in [0, 0.05) is 22.6 Å². The maximum atomic E-state index is 14.5. The molecule has 1 aliphatic heterocycles. The van der Waals surface area contributed by atoms with Gasteiger partial charge in [-0.1, -0.05) is 84.1 Å². The molecular formula is C40H35N3O4S. The molecule has 240 valence electrons. The predicted molar refractivity (Wildman–Crippen MR) is 192 cm³/mol. The van der Waals surface area contributed by atoms with Gasteiger partial charge in [-0.3, -0.25) is 9.36 Å². The lowest BCUT2D eigenvalue weighted by Crippen LogP contribution is -2.40. The van der Waals surface area contributed by atoms with Crippen molar-refractivity contribution >= 4 is 34.2 Å². The van der Waals surface area contributed by atoms with Crippen molar-refractivity contribution in [2.75, 3.05) is 13.7 Å². The van der Waals surface area contributed by atoms with E-state index in [2.05, 4.69) is 60.9 Å². The zero-order chi connectivity index (χ0) is 33.5. The number of hydrogen-bond acceptors (Lipinski definition) is 6. The third-order valence-electron chi connectivity index (χ3n) is 8.93. The average Bonchev–Trinajstić information content (AvgIpc) is 3.56. The summed E-state index contributed by atoms with van der Waals surface area (Å²) in [6, 6.07) is 31.9. The van der Waals surface area contributed by atoms with Crippen LogP contribution < -0.4 is 19.6 Å². The molecule has 3 heterocycles. The fourth-order valence-corrected chi connectivity index (χ4v) is 7.74. The molecule has 7 nitrogen and oxygen atoms in total. The molecule has 0 bridgehead atoms. The first-order valence-corrected chi connectivity index (χ1v) is 16.7. The number of methoxy groups -OCH3 is 1. The van der Waals surface area contributed by atoms with E-state index in [-0.39, 0.29) is 12.2 Å². The third kappa shape index (κ3) is 5.28. The summed E-state index contributed by atoms with van der Waals surface area (Å²) in [5, 5.41) is 1.85. The first kappa shape index (κ1) is 31.1. The van der Waals surface area contributed by atoms with E-state index in [0.29, 0.717) is 26.4 Å². The van der Waals surface area contributed by atoms with E-state index in [0.717, 1.165) is 44.5 Å². The summed E-state index contributed by atoms with van der Waals surface area (Å²) in [5.41, 5.74) is 7.69. The van der Waals surface area contributed by atoms with Crippen molar-refractivity contribution in [3.05, 3.63) is 151 Å². The molecule has 0 spiro atoms. The zero-order valence-electron chi connectivity index (χ0n) is 27.5. The highest BCUT2D eigenvalue weighted by Gasteiger charge is 2.36. The lowest BCUT2D eigenvalue weighted by Gasteiger charge is -2.27. The third-order valence-corrected chi connectivity index (χ3v) is 9.91. The molecule has 1 atom stereocenters. The first-order chi connectivity index (χ1) is 23.3. The zero-order valence-corrected chi connectivity index (χ0v) is 28.3. The Morgan fingerprint density at radius 3 is 2.35 bits per heavy atom. The molecule has 4 aromatic carbocycles. The standard InChI is InChI=1S/C40H35N3O4S/c1-6-47-39(45)35-25(3)41-40-43(37(35)36-32-15-11-10-14-29(32)18-21-33(36)46-5)38(44)34(48-40)23-30-22-24(2)42(26(30)4)31-19-16-28(17-20-31)27-12-8-7-9-13-27/h7-23,37H,6H2,1-5H3/b34-23-/t37-/m0/s1. The summed E-state index contributed by atoms with van der Waals surface area (Å²) in [7, 11) is 1.60. The van der Waals surface area contributed by atoms with Crippen LogP contribution in [0, 0.1) is 13.8 Å². The minimum absolute atomic E-state index is 0.198. The van der Waals surface area contributed by atoms with Gasteiger partial charge in [0.2, 0.25) is 0 Å². The van der Waals surface area contributed by atoms with Gasteiger partial charge in [-0.05, 0) is 85.5 Å². The Hall–Kier alpha value is -5.47. The van der Waals surface area contributed by atoms with Gasteiger partial charge in [0.1, 0.15) is 11.8 Å². The molecule has 6 aromatic rings. The molecule has 0 N–H and O–H groups in total. The van der Waals surface area contributed by atoms with Crippen LogP contribution >= 0.6 is 11.3 Å². The molecule has 0 aliphatic carbocycles. The van der Waals surface area contributed by atoms with Crippen LogP contribution in [-0.2, 0) is 9.53 Å². The number of benzene rings is 4. The van der Waals surface area contributed by atoms with Crippen molar-refractivity contribution < 1.29 is 14.3 Å². The number of rotatable bonds is 7. The van der Waals surface area contributed by atoms with E-state index in [1.807, 2.05) is 60.7 Å². The lowest BCUT2D eigenvalue weighted by atomic mass is 9.90. The number of aromatic nitrogens is 2. The number of esters is 1. The van der Waals surface area contributed by atoms with E-state index < -0.39 is 12.0 Å². The van der Waals surface area contributed by atoms with Crippen LogP contribution in [0.4, 0.5) is 0 Å². The Morgan fingerprint density at radius 1 is 0.917 bits per heavy atom. The molecule has 7 rings (SSSR count). The smallest absolute Gasteiger partial charge is 0.338 e. The summed E-state index contributed by atoms with van der Waals surface area (Å²) in [5.74, 6) is 0.0708. The molecule has 0 radical (unpaired) electrons. The van der Waals surface area contributed by atoms with Crippen molar-refractivity contribution in [1.29, 1.82) is 0 Å². The fourth-order valence-electron chi connectivity index (χ4n) is 6.71. The normalized spacial score (nSPS) is 14.6. The first-order valence-electron chi connectivity index (χ1n) is 15.9. The van der Waals surface area contributed by atoms with Crippen molar-refractivity contribution in [1.82, 2.24) is 9.13 Å². The molecular weight excluding hydrogens is 619 g/mol. The van der Waals surface area contributed by atoms with Crippen LogP contribution in [0.25, 0.3) is 33.7 Å². The highest BCUT2D eigenvalue weighted by atomic mass is 32.1. The summed E-state index contributed by atoms with van der Waals surface area (Å²) in [4.78, 5) is 33.3. The summed E-state index contributed by atoms with van der Waals surface area (Å²) in [6.07, 6.45) is 1.93. The van der Waals surface area contributed by atoms with E-state index in [1.54, 1.807) is 25.5 Å². The van der Waals surface area contributed by atoms with Crippen molar-refractivity contribution in [2.24, 2.45) is 4.99 Å². The van der Waals surface area contributed by atoms with Gasteiger partial charge in [0.05, 0.1) is 29.5 Å². The molecule has 0 saturated heterocycles. The monoisotopic (exact) mass is 653 g/mol. The van der Waals surface area contributed by atoms with Crippen molar-refractivity contribution in [2.45, 2.75) is 33.7 Å². The maximum absolute atomic E-state index is 14.5. The molecule has 1 aliphatic rings. The Labute approximate surface area is 282 Å². The number of ether oxygens (including phenoxy) is 2. The second-order valence-corrected chi connectivity index (χ2v) is 12.8. The number of carbonyl (C=O) groups excluding carboxylic acids is 1. The topological polar surface area (TPSA) is 74.8 Å². The van der Waals surface area contributed by atoms with Gasteiger partial charge in [-0.15, -0.1) is 0 Å². The van der Waals surface area contributed by atoms with Gasteiger partial charge in [-0.25, -0.2) is 9.79 Å². The average molecular weight is 654 g/mol. The SMILES string of the molecule is CCOC(=O)C1=C(C)N=c2s/c(=C\c3cc(C)n(-c4ccc(-c5ccccc5)cc4)c3C)c(=O)n2[C@@H]1c1c(OC)ccc2ccccc12. The number of carbonyl (C=O) groups is 1. The lowest BCUT2D eigenvalue weighted by molar-refractivity contribution is -0.139. The summed E-state index contributed by atoms with van der Waals surface area (Å²) < 4.78 is 15.7. The minimum Gasteiger partial charge on any atom is -0.496 e. The molecule has 0 amide bonds. The molecule has 0 fully saturated rings. The van der Waals surface area contributed by atoms with Crippen LogP contribution in [0.1, 0.15) is 42.4 Å². The largest absolute Gasteiger partial charge is 0.496 e. The minimum atomic E-state index is -0.793. The van der Waals surface area contributed by atoms with E-state index >= 15 is 0 Å². The quantitative estimate of drug-likeness (QED) is 0.173. The van der Waals surface area contributed by atoms with E-state index in [1.165, 1.54) is 16.9 Å². The number of hydrogen-bond donors (Lipinski definition) is 0. The van der Waals surface area contributed by atoms with Crippen LogP contribution in [0.2, 0.25) is 0 Å². The van der Waals surface area contributed by atoms with E-state index in [4.69, 9.17) is 14.5 Å². The maximum Gasteiger partial charge on any atom is 0.338 e. The van der Waals surface area contributed by atoms with E-state index in [9.17, 15) is 9.59 Å². The van der Waals surface area contributed by atoms with Gasteiger partial charge >= 0.3 is 5.97 Å². The highest BCUT2D eigenvalue weighted by molar-refractivity contribution is 7.07. The number of thiazole rings is 1. The van der Waals surface area contributed by atoms with Crippen molar-refractivity contribution in [3.8, 4) is 22.6 Å². The Morgan fingerprint density at radius 2 is 1.62 bits per heavy atom. The predicted octanol–water partition coefficient (Wildman–Crippen LogP) is 7.03. The van der Waals surface area contributed by atoms with Crippen LogP contribution in [0.3, 0.4) is 0 Å². The van der Waals surface area contributed by atoms with Gasteiger partial charge in [0.25, 0.3) is 5.56 Å². The summed E-state index contributed by atoms with van der Waals surface area (Å²) in [6.45, 7) is 7.89. The van der Waals surface area contributed by atoms with Crippen LogP contribution in [0.15, 0.2) is 118 Å². The Kier molecular flexibility index (Phi) is 8.19. The van der Waals surface area contributed by atoms with Crippen LogP contribution in [0.5, 0.6) is 5.75 Å². The Bertz CT molecular complexity index is 2420. The number of allylic oxidation sites excluding steroid dienone is 1. The van der Waals surface area contributed by atoms with Gasteiger partial charge in [0.15, 0.2) is 4.80 Å². The van der Waals surface area contributed by atoms with Crippen LogP contribution in [-0.4, -0.2) is 28.8 Å². The highest BCUT2D eigenvalue weighted by Crippen LogP contribution is 2.40. The molecule has 0 saturated carbocycles. The molecule has 8 heteroatoms. The van der Waals surface area contributed by atoms with Gasteiger partial charge in [-0.2, -0.15) is 0 Å². The fraction of sp³-hybridized carbons (Fsp3) is 0.175. The molecule has 48 heavy (non-hydrogen) atoms. The number of nitrogens with zero attached hydrogens (tertiary/aromatic N) is 3. The Balaban J connectivity index is 1.38. The molecule has 0 unspecified atom stereocenters. The van der Waals surface area contributed by atoms with Crippen molar-refractivity contribution in [3.63, 3.8) is 0 Å². The molecule has 2 aromatic heterocycles. The number of aryl methyl sites for hydroxylation is 1. The summed E-state index contributed by atoms with van der Waals surface area (Å²) >= 11 is 1.32. The second-order valence-electron chi connectivity index (χ2n) is 11.8. The number of fused-ring (bicyclic) bond motifs is 2. The second kappa shape index (κ2) is 12.6. The van der Waals surface area contributed by atoms with Gasteiger partial charge < -0.3 is 14.0 Å².